The lowest BCUT2D eigenvalue weighted by Crippen LogP contribution is -2.54. The average molecular weight is 278 g/mol. The Morgan fingerprint density at radius 1 is 1.15 bits per heavy atom. The monoisotopic (exact) mass is 278 g/mol. The van der Waals surface area contributed by atoms with E-state index >= 15 is 0 Å². The highest BCUT2D eigenvalue weighted by atomic mass is 16.2. The molecule has 3 N–H and O–H groups in total. The number of hydrogen-bond acceptors (Lipinski definition) is 4. The highest BCUT2D eigenvalue weighted by Gasteiger charge is 2.23. The summed E-state index contributed by atoms with van der Waals surface area (Å²) >= 11 is 0. The Kier molecular flexibility index (Phi) is 5.64. The number of pyridine rings is 1. The molecule has 0 saturated carbocycles. The van der Waals surface area contributed by atoms with Crippen LogP contribution in [0.5, 0.6) is 0 Å². The lowest BCUT2D eigenvalue weighted by molar-refractivity contribution is -0.129. The fourth-order valence-corrected chi connectivity index (χ4v) is 1.51. The molecule has 0 radical (unpaired) electrons. The van der Waals surface area contributed by atoms with E-state index in [0.717, 1.165) is 0 Å². The number of rotatable bonds is 4. The maximum absolute atomic E-state index is 11.9. The molecule has 0 aliphatic rings. The highest BCUT2D eigenvalue weighted by molar-refractivity contribution is 5.94. The van der Waals surface area contributed by atoms with Crippen molar-refractivity contribution in [3.63, 3.8) is 0 Å². The van der Waals surface area contributed by atoms with Crippen LogP contribution in [-0.2, 0) is 9.59 Å². The third kappa shape index (κ3) is 4.68. The first kappa shape index (κ1) is 15.6. The van der Waals surface area contributed by atoms with Crippen LogP contribution in [0.4, 0.5) is 0 Å². The van der Waals surface area contributed by atoms with Crippen molar-refractivity contribution in [3.8, 4) is 0 Å². The average Bonchev–Trinajstić information content (AvgIpc) is 2.42. The van der Waals surface area contributed by atoms with E-state index in [1.807, 2.05) is 0 Å². The Hall–Kier alpha value is -2.44. The van der Waals surface area contributed by atoms with Gasteiger partial charge in [-0.15, -0.1) is 0 Å². The van der Waals surface area contributed by atoms with E-state index in [0.29, 0.717) is 0 Å². The summed E-state index contributed by atoms with van der Waals surface area (Å²) in [6.45, 7) is 4.91. The maximum Gasteiger partial charge on any atom is 0.288 e. The van der Waals surface area contributed by atoms with Crippen molar-refractivity contribution in [2.45, 2.75) is 26.8 Å². The van der Waals surface area contributed by atoms with Crippen molar-refractivity contribution in [2.24, 2.45) is 5.92 Å². The molecule has 1 aromatic heterocycles. The summed E-state index contributed by atoms with van der Waals surface area (Å²) in [4.78, 5) is 38.5. The molecule has 1 aromatic rings. The first-order chi connectivity index (χ1) is 9.41. The predicted octanol–water partition coefficient (Wildman–Crippen LogP) is 0.00330. The predicted molar refractivity (Wildman–Crippen MR) is 72.3 cm³/mol. The summed E-state index contributed by atoms with van der Waals surface area (Å²) in [6.07, 6.45) is 1.48. The van der Waals surface area contributed by atoms with Crippen molar-refractivity contribution < 1.29 is 14.4 Å². The van der Waals surface area contributed by atoms with Crippen molar-refractivity contribution in [2.75, 3.05) is 0 Å². The second-order valence-corrected chi connectivity index (χ2v) is 4.58. The molecule has 0 aliphatic carbocycles. The van der Waals surface area contributed by atoms with Crippen LogP contribution in [0.3, 0.4) is 0 Å². The van der Waals surface area contributed by atoms with Crippen LogP contribution in [0.1, 0.15) is 31.3 Å². The second kappa shape index (κ2) is 7.22. The molecule has 0 bridgehead atoms. The molecular formula is C13H18N4O3. The topological polar surface area (TPSA) is 100 Å². The molecule has 1 unspecified atom stereocenters. The van der Waals surface area contributed by atoms with Crippen LogP contribution in [0, 0.1) is 5.92 Å². The number of hydrogen-bond donors (Lipinski definition) is 3. The first-order valence-corrected chi connectivity index (χ1v) is 6.20. The molecule has 7 nitrogen and oxygen atoms in total. The molecule has 108 valence electrons. The van der Waals surface area contributed by atoms with Gasteiger partial charge in [0.05, 0.1) is 0 Å². The van der Waals surface area contributed by atoms with Crippen LogP contribution >= 0.6 is 0 Å². The Balaban J connectivity index is 2.57. The molecule has 3 amide bonds. The standard InChI is InChI=1S/C13H18N4O3/c1-8(2)11(15-9(3)18)13(20)17-16-12(19)10-6-4-5-7-14-10/h4-8,11H,1-3H3,(H,15,18)(H,16,19)(H,17,20). The van der Waals surface area contributed by atoms with E-state index in [2.05, 4.69) is 21.2 Å². The lowest BCUT2D eigenvalue weighted by Gasteiger charge is -2.20. The van der Waals surface area contributed by atoms with Crippen LogP contribution in [-0.4, -0.2) is 28.7 Å². The van der Waals surface area contributed by atoms with E-state index in [4.69, 9.17) is 0 Å². The zero-order valence-corrected chi connectivity index (χ0v) is 11.6. The molecule has 0 saturated heterocycles. The van der Waals surface area contributed by atoms with Gasteiger partial charge in [0, 0.05) is 13.1 Å². The molecule has 0 spiro atoms. The number of nitrogens with zero attached hydrogens (tertiary/aromatic N) is 1. The van der Waals surface area contributed by atoms with Crippen LogP contribution < -0.4 is 16.2 Å². The summed E-state index contributed by atoms with van der Waals surface area (Å²) in [5.74, 6) is -1.43. The van der Waals surface area contributed by atoms with Crippen LogP contribution in [0.25, 0.3) is 0 Å². The van der Waals surface area contributed by atoms with Gasteiger partial charge < -0.3 is 5.32 Å². The van der Waals surface area contributed by atoms with E-state index in [1.54, 1.807) is 26.0 Å². The van der Waals surface area contributed by atoms with Crippen LogP contribution in [0.15, 0.2) is 24.4 Å². The fraction of sp³-hybridized carbons (Fsp3) is 0.385. The molecule has 1 rings (SSSR count). The number of amides is 3. The zero-order chi connectivity index (χ0) is 15.1. The van der Waals surface area contributed by atoms with Gasteiger partial charge in [0.1, 0.15) is 11.7 Å². The van der Waals surface area contributed by atoms with E-state index in [-0.39, 0.29) is 17.5 Å². The molecule has 0 aliphatic heterocycles. The number of nitrogens with one attached hydrogen (secondary N) is 3. The Labute approximate surface area is 117 Å². The second-order valence-electron chi connectivity index (χ2n) is 4.58. The highest BCUT2D eigenvalue weighted by Crippen LogP contribution is 2.01. The minimum absolute atomic E-state index is 0.106. The Morgan fingerprint density at radius 2 is 1.85 bits per heavy atom. The van der Waals surface area contributed by atoms with Crippen molar-refractivity contribution in [3.05, 3.63) is 30.1 Å². The van der Waals surface area contributed by atoms with Gasteiger partial charge in [0.25, 0.3) is 11.8 Å². The van der Waals surface area contributed by atoms with Crippen molar-refractivity contribution >= 4 is 17.7 Å². The van der Waals surface area contributed by atoms with Crippen molar-refractivity contribution in [1.29, 1.82) is 0 Å². The molecule has 1 atom stereocenters. The summed E-state index contributed by atoms with van der Waals surface area (Å²) in [5.41, 5.74) is 4.72. The number of carbonyl (C=O) groups excluding carboxylic acids is 3. The number of hydrazine groups is 1. The molecule has 20 heavy (non-hydrogen) atoms. The van der Waals surface area contributed by atoms with Gasteiger partial charge in [-0.2, -0.15) is 0 Å². The number of carbonyl (C=O) groups is 3. The van der Waals surface area contributed by atoms with Gasteiger partial charge in [-0.3, -0.25) is 30.2 Å². The molecule has 0 aromatic carbocycles. The third-order valence-corrected chi connectivity index (χ3v) is 2.50. The van der Waals surface area contributed by atoms with Crippen LogP contribution in [0.2, 0.25) is 0 Å². The fourth-order valence-electron chi connectivity index (χ4n) is 1.51. The minimum atomic E-state index is -0.712. The minimum Gasteiger partial charge on any atom is -0.344 e. The first-order valence-electron chi connectivity index (χ1n) is 6.20. The van der Waals surface area contributed by atoms with Gasteiger partial charge >= 0.3 is 0 Å². The summed E-state index contributed by atoms with van der Waals surface area (Å²) < 4.78 is 0. The lowest BCUT2D eigenvalue weighted by atomic mass is 10.0. The van der Waals surface area contributed by atoms with Gasteiger partial charge in [0.15, 0.2) is 0 Å². The molecular weight excluding hydrogens is 260 g/mol. The van der Waals surface area contributed by atoms with E-state index in [1.165, 1.54) is 19.2 Å². The largest absolute Gasteiger partial charge is 0.344 e. The smallest absolute Gasteiger partial charge is 0.288 e. The SMILES string of the molecule is CC(=O)NC(C(=O)NNC(=O)c1ccccn1)C(C)C. The maximum atomic E-state index is 11.9. The summed E-state index contributed by atoms with van der Waals surface area (Å²) in [7, 11) is 0. The van der Waals surface area contributed by atoms with Crippen molar-refractivity contribution in [1.82, 2.24) is 21.2 Å². The number of aromatic nitrogens is 1. The molecule has 0 fully saturated rings. The molecule has 1 heterocycles. The Morgan fingerprint density at radius 3 is 2.35 bits per heavy atom. The normalized spacial score (nSPS) is 11.6. The quantitative estimate of drug-likeness (QED) is 0.675. The van der Waals surface area contributed by atoms with E-state index < -0.39 is 17.9 Å². The Bertz CT molecular complexity index is 488. The van der Waals surface area contributed by atoms with Gasteiger partial charge in [-0.05, 0) is 18.1 Å². The van der Waals surface area contributed by atoms with E-state index in [9.17, 15) is 14.4 Å². The van der Waals surface area contributed by atoms with Gasteiger partial charge in [-0.1, -0.05) is 19.9 Å². The van der Waals surface area contributed by atoms with Gasteiger partial charge in [-0.25, -0.2) is 0 Å². The zero-order valence-electron chi connectivity index (χ0n) is 11.6. The summed E-state index contributed by atoms with van der Waals surface area (Å²) in [5, 5.41) is 2.52. The third-order valence-electron chi connectivity index (χ3n) is 2.50. The van der Waals surface area contributed by atoms with Gasteiger partial charge in [0.2, 0.25) is 5.91 Å². The molecule has 7 heteroatoms. The summed E-state index contributed by atoms with van der Waals surface area (Å²) in [6, 6.07) is 4.16.